The van der Waals surface area contributed by atoms with Gasteiger partial charge in [-0.15, -0.1) is 0 Å². The van der Waals surface area contributed by atoms with Gasteiger partial charge in [0.1, 0.15) is 0 Å². The first-order chi connectivity index (χ1) is 10.6. The molecule has 7 heteroatoms. The Balaban J connectivity index is 1.95. The second-order valence-corrected chi connectivity index (χ2v) is 4.97. The second-order valence-electron chi connectivity index (χ2n) is 4.15. The van der Waals surface area contributed by atoms with Crippen LogP contribution in [0.3, 0.4) is 0 Å². The summed E-state index contributed by atoms with van der Waals surface area (Å²) >= 11 is 11.9. The van der Waals surface area contributed by atoms with Crippen molar-refractivity contribution >= 4 is 46.9 Å². The lowest BCUT2D eigenvalue weighted by Gasteiger charge is -2.03. The first-order valence-corrected chi connectivity index (χ1v) is 6.97. The van der Waals surface area contributed by atoms with Crippen molar-refractivity contribution in [2.45, 2.75) is 0 Å². The molecular formula is C15H11Cl2N3O2. The van der Waals surface area contributed by atoms with Crippen molar-refractivity contribution in [3.63, 3.8) is 0 Å². The largest absolute Gasteiger partial charge is 0.329 e. The molecule has 0 spiro atoms. The number of hydrogen-bond donors (Lipinski definition) is 2. The number of carbonyl (C=O) groups excluding carboxylic acids is 2. The number of nitrogens with zero attached hydrogens (tertiary/aromatic N) is 1. The molecule has 112 valence electrons. The van der Waals surface area contributed by atoms with E-state index in [1.165, 1.54) is 6.21 Å². The van der Waals surface area contributed by atoms with E-state index in [2.05, 4.69) is 15.8 Å². The van der Waals surface area contributed by atoms with Crippen LogP contribution in [0.25, 0.3) is 0 Å². The summed E-state index contributed by atoms with van der Waals surface area (Å²) in [4.78, 5) is 23.2. The summed E-state index contributed by atoms with van der Waals surface area (Å²) in [7, 11) is 0. The molecule has 2 aromatic rings. The van der Waals surface area contributed by atoms with Crippen molar-refractivity contribution in [2.75, 3.05) is 5.32 Å². The number of benzene rings is 2. The minimum absolute atomic E-state index is 0.388. The SMILES string of the molecule is O=C(NN=Cc1c(Cl)cccc1Cl)C(=O)Nc1ccccc1. The van der Waals surface area contributed by atoms with Crippen LogP contribution in [0.1, 0.15) is 5.56 Å². The smallest absolute Gasteiger partial charge is 0.318 e. The van der Waals surface area contributed by atoms with Gasteiger partial charge in [-0.1, -0.05) is 47.5 Å². The van der Waals surface area contributed by atoms with Crippen LogP contribution in [0.4, 0.5) is 5.69 Å². The molecule has 2 amide bonds. The van der Waals surface area contributed by atoms with Crippen LogP contribution in [0.15, 0.2) is 53.6 Å². The van der Waals surface area contributed by atoms with E-state index in [4.69, 9.17) is 23.2 Å². The van der Waals surface area contributed by atoms with E-state index < -0.39 is 11.8 Å². The lowest BCUT2D eigenvalue weighted by atomic mass is 10.2. The van der Waals surface area contributed by atoms with Crippen LogP contribution < -0.4 is 10.7 Å². The number of hydrazone groups is 1. The zero-order valence-electron chi connectivity index (χ0n) is 11.2. The molecule has 5 nitrogen and oxygen atoms in total. The molecule has 0 atom stereocenters. The van der Waals surface area contributed by atoms with Crippen LogP contribution in [0.5, 0.6) is 0 Å². The van der Waals surface area contributed by atoms with Crippen molar-refractivity contribution in [1.29, 1.82) is 0 Å². The third kappa shape index (κ3) is 4.31. The average molecular weight is 336 g/mol. The predicted molar refractivity (Wildman–Crippen MR) is 87.3 cm³/mol. The molecule has 0 bridgehead atoms. The standard InChI is InChI=1S/C15H11Cl2N3O2/c16-12-7-4-8-13(17)11(12)9-18-20-15(22)14(21)19-10-5-2-1-3-6-10/h1-9H,(H,19,21)(H,20,22). The lowest BCUT2D eigenvalue weighted by molar-refractivity contribution is -0.136. The fourth-order valence-electron chi connectivity index (χ4n) is 1.55. The normalized spacial score (nSPS) is 10.5. The average Bonchev–Trinajstić information content (AvgIpc) is 2.51. The lowest BCUT2D eigenvalue weighted by Crippen LogP contribution is -2.32. The van der Waals surface area contributed by atoms with E-state index in [1.807, 2.05) is 0 Å². The zero-order valence-corrected chi connectivity index (χ0v) is 12.7. The van der Waals surface area contributed by atoms with E-state index in [0.29, 0.717) is 21.3 Å². The van der Waals surface area contributed by atoms with Crippen molar-refractivity contribution in [3.8, 4) is 0 Å². The Morgan fingerprint density at radius 1 is 0.909 bits per heavy atom. The van der Waals surface area contributed by atoms with Gasteiger partial charge in [0, 0.05) is 11.3 Å². The maximum Gasteiger partial charge on any atom is 0.329 e. The molecule has 2 aromatic carbocycles. The van der Waals surface area contributed by atoms with E-state index in [9.17, 15) is 9.59 Å². The van der Waals surface area contributed by atoms with Gasteiger partial charge in [0.25, 0.3) is 0 Å². The minimum Gasteiger partial charge on any atom is -0.318 e. The second kappa shape index (κ2) is 7.59. The van der Waals surface area contributed by atoms with E-state index >= 15 is 0 Å². The molecule has 2 N–H and O–H groups in total. The Kier molecular flexibility index (Phi) is 5.52. The van der Waals surface area contributed by atoms with Crippen molar-refractivity contribution in [1.82, 2.24) is 5.43 Å². The summed E-state index contributed by atoms with van der Waals surface area (Å²) < 4.78 is 0. The maximum absolute atomic E-state index is 11.6. The molecule has 22 heavy (non-hydrogen) atoms. The quantitative estimate of drug-likeness (QED) is 0.514. The molecule has 0 heterocycles. The molecule has 0 aliphatic rings. The molecule has 2 rings (SSSR count). The Bertz CT molecular complexity index is 698. The Morgan fingerprint density at radius 2 is 1.55 bits per heavy atom. The topological polar surface area (TPSA) is 70.6 Å². The number of amides is 2. The number of para-hydroxylation sites is 1. The summed E-state index contributed by atoms with van der Waals surface area (Å²) in [5, 5.41) is 6.88. The number of nitrogens with one attached hydrogen (secondary N) is 2. The summed E-state index contributed by atoms with van der Waals surface area (Å²) in [6.07, 6.45) is 1.28. The molecule has 0 unspecified atom stereocenters. The summed E-state index contributed by atoms with van der Waals surface area (Å²) in [6, 6.07) is 13.6. The van der Waals surface area contributed by atoms with E-state index in [-0.39, 0.29) is 0 Å². The van der Waals surface area contributed by atoms with Crippen molar-refractivity contribution in [2.24, 2.45) is 5.10 Å². The van der Waals surface area contributed by atoms with Crippen LogP contribution in [0.2, 0.25) is 10.0 Å². The van der Waals surface area contributed by atoms with Crippen molar-refractivity contribution in [3.05, 3.63) is 64.1 Å². The van der Waals surface area contributed by atoms with Gasteiger partial charge in [-0.05, 0) is 24.3 Å². The van der Waals surface area contributed by atoms with Gasteiger partial charge in [-0.3, -0.25) is 9.59 Å². The third-order valence-electron chi connectivity index (χ3n) is 2.60. The molecule has 0 saturated carbocycles. The van der Waals surface area contributed by atoms with Crippen LogP contribution in [-0.4, -0.2) is 18.0 Å². The van der Waals surface area contributed by atoms with Crippen molar-refractivity contribution < 1.29 is 9.59 Å². The first-order valence-electron chi connectivity index (χ1n) is 6.21. The number of halogens is 2. The van der Waals surface area contributed by atoms with Gasteiger partial charge in [0.15, 0.2) is 0 Å². The van der Waals surface area contributed by atoms with Crippen LogP contribution in [-0.2, 0) is 9.59 Å². The minimum atomic E-state index is -0.900. The van der Waals surface area contributed by atoms with Gasteiger partial charge in [0.05, 0.1) is 16.3 Å². The molecular weight excluding hydrogens is 325 g/mol. The predicted octanol–water partition coefficient (Wildman–Crippen LogP) is 3.08. The highest BCUT2D eigenvalue weighted by molar-refractivity contribution is 6.40. The van der Waals surface area contributed by atoms with Gasteiger partial charge in [0.2, 0.25) is 0 Å². The molecule has 0 fully saturated rings. The summed E-state index contributed by atoms with van der Waals surface area (Å²) in [5.74, 6) is -1.73. The highest BCUT2D eigenvalue weighted by Crippen LogP contribution is 2.21. The molecule has 0 aliphatic carbocycles. The molecule has 0 saturated heterocycles. The number of carbonyl (C=O) groups is 2. The van der Waals surface area contributed by atoms with Gasteiger partial charge in [-0.25, -0.2) is 5.43 Å². The summed E-state index contributed by atoms with van der Waals surface area (Å²) in [5.41, 5.74) is 3.07. The van der Waals surface area contributed by atoms with E-state index in [1.54, 1.807) is 48.5 Å². The van der Waals surface area contributed by atoms with Gasteiger partial charge >= 0.3 is 11.8 Å². The zero-order chi connectivity index (χ0) is 15.9. The van der Waals surface area contributed by atoms with Gasteiger partial charge < -0.3 is 5.32 Å². The van der Waals surface area contributed by atoms with Crippen LogP contribution >= 0.6 is 23.2 Å². The number of anilines is 1. The van der Waals surface area contributed by atoms with Crippen LogP contribution in [0, 0.1) is 0 Å². The fourth-order valence-corrected chi connectivity index (χ4v) is 2.04. The van der Waals surface area contributed by atoms with E-state index in [0.717, 1.165) is 0 Å². The monoisotopic (exact) mass is 335 g/mol. The number of hydrogen-bond acceptors (Lipinski definition) is 3. The highest BCUT2D eigenvalue weighted by Gasteiger charge is 2.12. The third-order valence-corrected chi connectivity index (χ3v) is 3.26. The number of rotatable bonds is 3. The molecule has 0 aromatic heterocycles. The fraction of sp³-hybridized carbons (Fsp3) is 0. The highest BCUT2D eigenvalue weighted by atomic mass is 35.5. The maximum atomic E-state index is 11.6. The first kappa shape index (κ1) is 16.0. The van der Waals surface area contributed by atoms with Gasteiger partial charge in [-0.2, -0.15) is 5.10 Å². The Morgan fingerprint density at radius 3 is 2.18 bits per heavy atom. The molecule has 0 aliphatic heterocycles. The molecule has 0 radical (unpaired) electrons. The Labute approximate surface area is 136 Å². The summed E-state index contributed by atoms with van der Waals surface area (Å²) in [6.45, 7) is 0. The Hall–Kier alpha value is -2.37.